The van der Waals surface area contributed by atoms with E-state index >= 15 is 0 Å². The third-order valence-corrected chi connectivity index (χ3v) is 6.09. The van der Waals surface area contributed by atoms with E-state index in [4.69, 9.17) is 16.3 Å². The minimum absolute atomic E-state index is 0.0571. The topological polar surface area (TPSA) is 99.8 Å². The number of hydrogen-bond donors (Lipinski definition) is 3. The lowest BCUT2D eigenvalue weighted by atomic mass is 10.1. The van der Waals surface area contributed by atoms with Crippen molar-refractivity contribution in [3.8, 4) is 0 Å². The molecule has 1 aliphatic rings. The van der Waals surface area contributed by atoms with Crippen molar-refractivity contribution in [3.63, 3.8) is 0 Å². The van der Waals surface area contributed by atoms with Gasteiger partial charge < -0.3 is 25.6 Å². The van der Waals surface area contributed by atoms with Crippen LogP contribution in [0.1, 0.15) is 28.6 Å². The molecule has 0 spiro atoms. The summed E-state index contributed by atoms with van der Waals surface area (Å²) in [6.07, 6.45) is -2.88. The third-order valence-electron chi connectivity index (χ3n) is 4.86. The van der Waals surface area contributed by atoms with E-state index in [2.05, 4.69) is 16.0 Å². The lowest BCUT2D eigenvalue weighted by molar-refractivity contribution is -0.125. The number of halogens is 3. The number of ether oxygens (including phenoxy) is 1. The zero-order valence-corrected chi connectivity index (χ0v) is 19.3. The van der Waals surface area contributed by atoms with Crippen molar-refractivity contribution in [3.05, 3.63) is 45.1 Å². The molecule has 2 heterocycles. The molecule has 0 saturated carbocycles. The molecule has 1 atom stereocenters. The van der Waals surface area contributed by atoms with Gasteiger partial charge in [0.25, 0.3) is 18.2 Å². The van der Waals surface area contributed by atoms with Crippen molar-refractivity contribution in [2.75, 3.05) is 43.1 Å². The summed E-state index contributed by atoms with van der Waals surface area (Å²) < 4.78 is 33.0. The van der Waals surface area contributed by atoms with E-state index in [-0.39, 0.29) is 31.3 Å². The lowest BCUT2D eigenvalue weighted by Gasteiger charge is -2.27. The average Bonchev–Trinajstić information content (AvgIpc) is 3.23. The number of nitrogens with zero attached hydrogens (tertiary/aromatic N) is 1. The van der Waals surface area contributed by atoms with Gasteiger partial charge in [0.2, 0.25) is 5.91 Å². The number of hydrogen-bond acceptors (Lipinski definition) is 6. The van der Waals surface area contributed by atoms with Crippen molar-refractivity contribution in [2.24, 2.45) is 0 Å². The highest BCUT2D eigenvalue weighted by molar-refractivity contribution is 7.18. The van der Waals surface area contributed by atoms with E-state index < -0.39 is 29.8 Å². The second kappa shape index (κ2) is 11.5. The van der Waals surface area contributed by atoms with Crippen LogP contribution in [-0.2, 0) is 14.3 Å². The predicted molar refractivity (Wildman–Crippen MR) is 122 cm³/mol. The van der Waals surface area contributed by atoms with Gasteiger partial charge in [0.1, 0.15) is 12.6 Å². The number of amides is 3. The Labute approximate surface area is 198 Å². The van der Waals surface area contributed by atoms with E-state index in [1.54, 1.807) is 19.1 Å². The molecule has 0 aliphatic carbocycles. The SMILES string of the molecule is CCN[C@H](CNC(=O)c1ccc(Cl)s1)C(=O)Nc1ccc(N2CCOCC2=O)cc1C(F)F. The molecule has 1 fully saturated rings. The first-order valence-electron chi connectivity index (χ1n) is 10.2. The number of carbonyl (C=O) groups excluding carboxylic acids is 3. The Morgan fingerprint density at radius 1 is 1.27 bits per heavy atom. The molecule has 3 N–H and O–H groups in total. The number of carbonyl (C=O) groups is 3. The quantitative estimate of drug-likeness (QED) is 0.491. The molecule has 3 rings (SSSR count). The van der Waals surface area contributed by atoms with Gasteiger partial charge in [-0.25, -0.2) is 8.78 Å². The Morgan fingerprint density at radius 3 is 2.70 bits per heavy atom. The van der Waals surface area contributed by atoms with Gasteiger partial charge in [-0.05, 0) is 36.9 Å². The van der Waals surface area contributed by atoms with Crippen molar-refractivity contribution < 1.29 is 27.9 Å². The molecule has 1 aliphatic heterocycles. The van der Waals surface area contributed by atoms with Crippen molar-refractivity contribution >= 4 is 52.0 Å². The van der Waals surface area contributed by atoms with Crippen molar-refractivity contribution in [2.45, 2.75) is 19.4 Å². The fraction of sp³-hybridized carbons (Fsp3) is 0.381. The molecule has 8 nitrogen and oxygen atoms in total. The Morgan fingerprint density at radius 2 is 2.06 bits per heavy atom. The number of anilines is 2. The summed E-state index contributed by atoms with van der Waals surface area (Å²) in [7, 11) is 0. The summed E-state index contributed by atoms with van der Waals surface area (Å²) in [6, 6.07) is 6.33. The van der Waals surface area contributed by atoms with Crippen LogP contribution in [0.2, 0.25) is 4.34 Å². The second-order valence-corrected chi connectivity index (χ2v) is 8.80. The Bertz CT molecular complexity index is 1020. The van der Waals surface area contributed by atoms with Crippen LogP contribution in [0.4, 0.5) is 20.2 Å². The molecule has 3 amide bonds. The van der Waals surface area contributed by atoms with Crippen LogP contribution in [0, 0.1) is 0 Å². The molecule has 178 valence electrons. The highest BCUT2D eigenvalue weighted by Gasteiger charge is 2.25. The zero-order chi connectivity index (χ0) is 24.0. The minimum atomic E-state index is -2.88. The summed E-state index contributed by atoms with van der Waals surface area (Å²) in [6.45, 7) is 2.58. The van der Waals surface area contributed by atoms with E-state index in [0.29, 0.717) is 28.1 Å². The predicted octanol–water partition coefficient (Wildman–Crippen LogP) is 3.05. The Balaban J connectivity index is 1.71. The van der Waals surface area contributed by atoms with Gasteiger partial charge in [-0.3, -0.25) is 14.4 Å². The van der Waals surface area contributed by atoms with Crippen LogP contribution in [0.3, 0.4) is 0 Å². The first-order chi connectivity index (χ1) is 15.8. The van der Waals surface area contributed by atoms with Gasteiger partial charge in [-0.1, -0.05) is 18.5 Å². The molecule has 0 unspecified atom stereocenters. The van der Waals surface area contributed by atoms with Crippen LogP contribution in [0.25, 0.3) is 0 Å². The van der Waals surface area contributed by atoms with Crippen molar-refractivity contribution in [1.29, 1.82) is 0 Å². The third kappa shape index (κ3) is 6.47. The maximum absolute atomic E-state index is 13.8. The molecule has 0 radical (unpaired) electrons. The lowest BCUT2D eigenvalue weighted by Crippen LogP contribution is -2.48. The first-order valence-corrected chi connectivity index (χ1v) is 11.4. The molecule has 0 bridgehead atoms. The number of morpholine rings is 1. The molecular formula is C21H23ClF2N4O4S. The minimum Gasteiger partial charge on any atom is -0.370 e. The van der Waals surface area contributed by atoms with Crippen LogP contribution in [-0.4, -0.2) is 56.6 Å². The summed E-state index contributed by atoms with van der Waals surface area (Å²) in [5, 5.41) is 8.08. The number of benzene rings is 1. The van der Waals surface area contributed by atoms with E-state index in [9.17, 15) is 23.2 Å². The molecule has 1 saturated heterocycles. The highest BCUT2D eigenvalue weighted by Crippen LogP contribution is 2.32. The zero-order valence-electron chi connectivity index (χ0n) is 17.7. The smallest absolute Gasteiger partial charge is 0.265 e. The van der Waals surface area contributed by atoms with Gasteiger partial charge in [-0.2, -0.15) is 0 Å². The molecule has 12 heteroatoms. The van der Waals surface area contributed by atoms with E-state index in [1.165, 1.54) is 23.1 Å². The number of nitrogens with one attached hydrogen (secondary N) is 3. The number of alkyl halides is 2. The van der Waals surface area contributed by atoms with Crippen LogP contribution < -0.4 is 20.9 Å². The fourth-order valence-corrected chi connectivity index (χ4v) is 4.20. The van der Waals surface area contributed by atoms with Crippen molar-refractivity contribution in [1.82, 2.24) is 10.6 Å². The molecule has 1 aromatic heterocycles. The van der Waals surface area contributed by atoms with Crippen LogP contribution in [0.5, 0.6) is 0 Å². The van der Waals surface area contributed by atoms with Gasteiger partial charge in [0.15, 0.2) is 0 Å². The van der Waals surface area contributed by atoms with Gasteiger partial charge in [0, 0.05) is 30.0 Å². The maximum Gasteiger partial charge on any atom is 0.265 e. The largest absolute Gasteiger partial charge is 0.370 e. The molecular weight excluding hydrogens is 478 g/mol. The maximum atomic E-state index is 13.8. The molecule has 1 aromatic carbocycles. The van der Waals surface area contributed by atoms with Crippen LogP contribution in [0.15, 0.2) is 30.3 Å². The summed E-state index contributed by atoms with van der Waals surface area (Å²) >= 11 is 6.94. The Hall–Kier alpha value is -2.60. The van der Waals surface area contributed by atoms with Gasteiger partial charge in [-0.15, -0.1) is 11.3 Å². The van der Waals surface area contributed by atoms with E-state index in [0.717, 1.165) is 11.3 Å². The van der Waals surface area contributed by atoms with Crippen LogP contribution >= 0.6 is 22.9 Å². The normalized spacial score (nSPS) is 14.9. The number of thiophene rings is 1. The summed E-state index contributed by atoms with van der Waals surface area (Å²) in [5.41, 5.74) is -0.173. The molecule has 2 aromatic rings. The summed E-state index contributed by atoms with van der Waals surface area (Å²) in [5.74, 6) is -1.30. The molecule has 33 heavy (non-hydrogen) atoms. The van der Waals surface area contributed by atoms with E-state index in [1.807, 2.05) is 0 Å². The first kappa shape index (κ1) is 25.0. The van der Waals surface area contributed by atoms with Gasteiger partial charge >= 0.3 is 0 Å². The van der Waals surface area contributed by atoms with Gasteiger partial charge in [0.05, 0.1) is 15.8 Å². The summed E-state index contributed by atoms with van der Waals surface area (Å²) in [4.78, 5) is 38.8. The standard InChI is InChI=1S/C21H23ClF2N4O4S/c1-2-25-15(10-26-21(31)16-5-6-17(22)33-16)20(30)27-14-4-3-12(9-13(14)19(23)24)28-7-8-32-11-18(28)29/h3-6,9,15,19,25H,2,7-8,10-11H2,1H3,(H,26,31)(H,27,30)/t15-/m1/s1. The monoisotopic (exact) mass is 500 g/mol. The number of likely N-dealkylation sites (N-methyl/N-ethyl adjacent to an activating group) is 1. The number of rotatable bonds is 9. The average molecular weight is 501 g/mol. The second-order valence-electron chi connectivity index (χ2n) is 7.08. The fourth-order valence-electron chi connectivity index (χ4n) is 3.25. The Kier molecular flexibility index (Phi) is 8.73. The highest BCUT2D eigenvalue weighted by atomic mass is 35.5.